The highest BCUT2D eigenvalue weighted by Gasteiger charge is 2.29. The van der Waals surface area contributed by atoms with Gasteiger partial charge in [0, 0.05) is 44.1 Å². The second kappa shape index (κ2) is 7.77. The Balaban J connectivity index is 0.00000208. The van der Waals surface area contributed by atoms with Crippen molar-refractivity contribution >= 4 is 30.1 Å². The predicted molar refractivity (Wildman–Crippen MR) is 91.8 cm³/mol. The van der Waals surface area contributed by atoms with E-state index in [1.807, 2.05) is 24.0 Å². The van der Waals surface area contributed by atoms with Crippen LogP contribution < -0.4 is 5.32 Å². The molecule has 1 aromatic rings. The van der Waals surface area contributed by atoms with E-state index in [9.17, 15) is 14.4 Å². The first-order chi connectivity index (χ1) is 11.1. The molecule has 1 aromatic carbocycles. The van der Waals surface area contributed by atoms with Crippen LogP contribution in [0.1, 0.15) is 35.7 Å². The summed E-state index contributed by atoms with van der Waals surface area (Å²) in [4.78, 5) is 39.0. The molecule has 3 rings (SSSR count). The second-order valence-electron chi connectivity index (χ2n) is 6.12. The van der Waals surface area contributed by atoms with Crippen molar-refractivity contribution in [3.05, 3.63) is 35.4 Å². The largest absolute Gasteiger partial charge is 0.333 e. The SMILES string of the molecule is C[C@H]1CNCCN1C(=O)c1ccc(CN2C(=O)CCC2=O)cc1.Cl. The zero-order valence-electron chi connectivity index (χ0n) is 13.7. The van der Waals surface area contributed by atoms with Crippen molar-refractivity contribution in [2.45, 2.75) is 32.4 Å². The maximum absolute atomic E-state index is 12.5. The third-order valence-corrected chi connectivity index (χ3v) is 4.46. The first-order valence-corrected chi connectivity index (χ1v) is 8.00. The summed E-state index contributed by atoms with van der Waals surface area (Å²) in [5.74, 6) is -0.214. The van der Waals surface area contributed by atoms with Crippen LogP contribution in [0, 0.1) is 0 Å². The number of hydrogen-bond acceptors (Lipinski definition) is 4. The highest BCUT2D eigenvalue weighted by atomic mass is 35.5. The lowest BCUT2D eigenvalue weighted by Gasteiger charge is -2.34. The normalized spacial score (nSPS) is 21.0. The van der Waals surface area contributed by atoms with Crippen LogP contribution in [0.5, 0.6) is 0 Å². The second-order valence-corrected chi connectivity index (χ2v) is 6.12. The van der Waals surface area contributed by atoms with Gasteiger partial charge in [-0.25, -0.2) is 0 Å². The molecule has 3 amide bonds. The Morgan fingerprint density at radius 3 is 2.38 bits per heavy atom. The molecule has 0 spiro atoms. The summed E-state index contributed by atoms with van der Waals surface area (Å²) in [5, 5.41) is 3.27. The van der Waals surface area contributed by atoms with Crippen molar-refractivity contribution in [3.8, 4) is 0 Å². The van der Waals surface area contributed by atoms with Gasteiger partial charge in [0.2, 0.25) is 11.8 Å². The Morgan fingerprint density at radius 2 is 1.79 bits per heavy atom. The maximum atomic E-state index is 12.5. The Labute approximate surface area is 147 Å². The summed E-state index contributed by atoms with van der Waals surface area (Å²) in [5.41, 5.74) is 1.50. The highest BCUT2D eigenvalue weighted by molar-refractivity contribution is 6.01. The molecule has 1 atom stereocenters. The number of benzene rings is 1. The minimum Gasteiger partial charge on any atom is -0.333 e. The van der Waals surface area contributed by atoms with Gasteiger partial charge < -0.3 is 10.2 Å². The van der Waals surface area contributed by atoms with Crippen molar-refractivity contribution in [2.24, 2.45) is 0 Å². The van der Waals surface area contributed by atoms with Crippen molar-refractivity contribution in [2.75, 3.05) is 19.6 Å². The van der Waals surface area contributed by atoms with Crippen molar-refractivity contribution < 1.29 is 14.4 Å². The molecule has 0 aromatic heterocycles. The van der Waals surface area contributed by atoms with E-state index < -0.39 is 0 Å². The van der Waals surface area contributed by atoms with E-state index in [1.54, 1.807) is 12.1 Å². The summed E-state index contributed by atoms with van der Waals surface area (Å²) in [7, 11) is 0. The number of nitrogens with zero attached hydrogens (tertiary/aromatic N) is 2. The quantitative estimate of drug-likeness (QED) is 0.830. The van der Waals surface area contributed by atoms with Gasteiger partial charge in [-0.05, 0) is 24.6 Å². The summed E-state index contributed by atoms with van der Waals surface area (Å²) in [6.07, 6.45) is 0.604. The summed E-state index contributed by atoms with van der Waals surface area (Å²) in [6.45, 7) is 4.65. The molecule has 0 saturated carbocycles. The average molecular weight is 352 g/mol. The third kappa shape index (κ3) is 3.76. The molecule has 2 heterocycles. The number of piperazine rings is 1. The van der Waals surface area contributed by atoms with Gasteiger partial charge in [0.25, 0.3) is 5.91 Å². The molecule has 0 unspecified atom stereocenters. The number of hydrogen-bond donors (Lipinski definition) is 1. The number of nitrogens with one attached hydrogen (secondary N) is 1. The molecule has 130 valence electrons. The van der Waals surface area contributed by atoms with E-state index in [1.165, 1.54) is 4.90 Å². The van der Waals surface area contributed by atoms with Gasteiger partial charge in [0.05, 0.1) is 6.54 Å². The van der Waals surface area contributed by atoms with E-state index in [-0.39, 0.29) is 42.7 Å². The zero-order valence-corrected chi connectivity index (χ0v) is 14.5. The summed E-state index contributed by atoms with van der Waals surface area (Å²) >= 11 is 0. The van der Waals surface area contributed by atoms with Crippen LogP contribution >= 0.6 is 12.4 Å². The van der Waals surface area contributed by atoms with Gasteiger partial charge >= 0.3 is 0 Å². The molecule has 24 heavy (non-hydrogen) atoms. The minimum absolute atomic E-state index is 0. The fourth-order valence-corrected chi connectivity index (χ4v) is 3.04. The van der Waals surface area contributed by atoms with E-state index in [2.05, 4.69) is 5.32 Å². The highest BCUT2D eigenvalue weighted by Crippen LogP contribution is 2.17. The number of rotatable bonds is 3. The number of amides is 3. The zero-order chi connectivity index (χ0) is 16.4. The van der Waals surface area contributed by atoms with Crippen LogP contribution in [0.25, 0.3) is 0 Å². The van der Waals surface area contributed by atoms with Gasteiger partial charge in [0.1, 0.15) is 0 Å². The van der Waals surface area contributed by atoms with Gasteiger partial charge in [-0.1, -0.05) is 12.1 Å². The van der Waals surface area contributed by atoms with Crippen LogP contribution in [0.15, 0.2) is 24.3 Å². The molecule has 7 heteroatoms. The molecule has 2 saturated heterocycles. The lowest BCUT2D eigenvalue weighted by Crippen LogP contribution is -2.52. The first kappa shape index (κ1) is 18.4. The van der Waals surface area contributed by atoms with Crippen LogP contribution in [0.2, 0.25) is 0 Å². The van der Waals surface area contributed by atoms with Gasteiger partial charge in [-0.3, -0.25) is 19.3 Å². The van der Waals surface area contributed by atoms with E-state index in [0.29, 0.717) is 24.9 Å². The number of likely N-dealkylation sites (tertiary alicyclic amines) is 1. The molecule has 1 N–H and O–H groups in total. The van der Waals surface area contributed by atoms with E-state index >= 15 is 0 Å². The molecule has 0 aliphatic carbocycles. The predicted octanol–water partition coefficient (Wildman–Crippen LogP) is 1.19. The van der Waals surface area contributed by atoms with E-state index in [4.69, 9.17) is 0 Å². The lowest BCUT2D eigenvalue weighted by molar-refractivity contribution is -0.139. The molecular weight excluding hydrogens is 330 g/mol. The fourth-order valence-electron chi connectivity index (χ4n) is 3.04. The van der Waals surface area contributed by atoms with E-state index in [0.717, 1.165) is 18.7 Å². The maximum Gasteiger partial charge on any atom is 0.254 e. The fraction of sp³-hybridized carbons (Fsp3) is 0.471. The monoisotopic (exact) mass is 351 g/mol. The molecule has 2 aliphatic rings. The van der Waals surface area contributed by atoms with Crippen LogP contribution in [0.4, 0.5) is 0 Å². The van der Waals surface area contributed by atoms with Gasteiger partial charge in [0.15, 0.2) is 0 Å². The molecule has 0 radical (unpaired) electrons. The van der Waals surface area contributed by atoms with Crippen LogP contribution in [-0.4, -0.2) is 53.2 Å². The number of halogens is 1. The number of imide groups is 1. The van der Waals surface area contributed by atoms with Crippen LogP contribution in [0.3, 0.4) is 0 Å². The number of carbonyl (C=O) groups excluding carboxylic acids is 3. The van der Waals surface area contributed by atoms with Crippen molar-refractivity contribution in [1.29, 1.82) is 0 Å². The molecule has 6 nitrogen and oxygen atoms in total. The molecular formula is C17H22ClN3O3. The Hall–Kier alpha value is -1.92. The number of carbonyl (C=O) groups is 3. The third-order valence-electron chi connectivity index (χ3n) is 4.46. The molecule has 2 aliphatic heterocycles. The van der Waals surface area contributed by atoms with Gasteiger partial charge in [-0.15, -0.1) is 12.4 Å². The smallest absolute Gasteiger partial charge is 0.254 e. The molecule has 2 fully saturated rings. The Bertz CT molecular complexity index is 616. The van der Waals surface area contributed by atoms with Crippen LogP contribution in [-0.2, 0) is 16.1 Å². The lowest BCUT2D eigenvalue weighted by atomic mass is 10.1. The first-order valence-electron chi connectivity index (χ1n) is 8.00. The standard InChI is InChI=1S/C17H21N3O3.ClH/c1-12-10-18-8-9-19(12)17(23)14-4-2-13(3-5-14)11-20-15(21)6-7-16(20)22;/h2-5,12,18H,6-11H2,1H3;1H/t12-;/m0./s1. The Morgan fingerprint density at radius 1 is 1.17 bits per heavy atom. The van der Waals surface area contributed by atoms with Crippen molar-refractivity contribution in [3.63, 3.8) is 0 Å². The minimum atomic E-state index is -0.121. The summed E-state index contributed by atoms with van der Waals surface area (Å²) < 4.78 is 0. The topological polar surface area (TPSA) is 69.7 Å². The Kier molecular flexibility index (Phi) is 5.96. The van der Waals surface area contributed by atoms with Crippen molar-refractivity contribution in [1.82, 2.24) is 15.1 Å². The van der Waals surface area contributed by atoms with Gasteiger partial charge in [-0.2, -0.15) is 0 Å². The molecule has 0 bridgehead atoms. The average Bonchev–Trinajstić information content (AvgIpc) is 2.87. The summed E-state index contributed by atoms with van der Waals surface area (Å²) in [6, 6.07) is 7.36.